The van der Waals surface area contributed by atoms with Crippen LogP contribution in [0.3, 0.4) is 0 Å². The van der Waals surface area contributed by atoms with Gasteiger partial charge in [0.25, 0.3) is 0 Å². The first-order valence-electron chi connectivity index (χ1n) is 4.63. The third-order valence-corrected chi connectivity index (χ3v) is 1.94. The molecule has 86 valence electrons. The SMILES string of the molecule is O=C(O)CONC(=O)NCC1CCOC1. The van der Waals surface area contributed by atoms with E-state index < -0.39 is 18.6 Å². The molecule has 0 bridgehead atoms. The largest absolute Gasteiger partial charge is 0.479 e. The van der Waals surface area contributed by atoms with E-state index in [1.54, 1.807) is 0 Å². The van der Waals surface area contributed by atoms with Gasteiger partial charge in [0.05, 0.1) is 6.61 Å². The van der Waals surface area contributed by atoms with Crippen LogP contribution >= 0.6 is 0 Å². The zero-order valence-corrected chi connectivity index (χ0v) is 8.19. The Labute approximate surface area is 86.7 Å². The molecule has 0 aliphatic carbocycles. The number of carbonyl (C=O) groups excluding carboxylic acids is 1. The van der Waals surface area contributed by atoms with E-state index in [0.717, 1.165) is 13.0 Å². The predicted molar refractivity (Wildman–Crippen MR) is 49.0 cm³/mol. The topological polar surface area (TPSA) is 96.9 Å². The second kappa shape index (κ2) is 6.20. The second-order valence-corrected chi connectivity index (χ2v) is 3.22. The molecular formula is C8H14N2O5. The first kappa shape index (κ1) is 11.7. The molecule has 15 heavy (non-hydrogen) atoms. The van der Waals surface area contributed by atoms with Crippen molar-refractivity contribution in [1.29, 1.82) is 0 Å². The van der Waals surface area contributed by atoms with Crippen LogP contribution in [0.15, 0.2) is 0 Å². The molecule has 3 N–H and O–H groups in total. The van der Waals surface area contributed by atoms with Crippen LogP contribution in [0.25, 0.3) is 0 Å². The molecule has 1 fully saturated rings. The normalized spacial score (nSPS) is 19.9. The summed E-state index contributed by atoms with van der Waals surface area (Å²) in [7, 11) is 0. The summed E-state index contributed by atoms with van der Waals surface area (Å²) in [6, 6.07) is -0.539. The third-order valence-electron chi connectivity index (χ3n) is 1.94. The van der Waals surface area contributed by atoms with Gasteiger partial charge in [0, 0.05) is 19.1 Å². The van der Waals surface area contributed by atoms with Crippen molar-refractivity contribution < 1.29 is 24.3 Å². The molecule has 0 aromatic heterocycles. The monoisotopic (exact) mass is 218 g/mol. The van der Waals surface area contributed by atoms with Gasteiger partial charge in [-0.25, -0.2) is 15.1 Å². The summed E-state index contributed by atoms with van der Waals surface area (Å²) in [6.45, 7) is 1.32. The number of hydroxylamine groups is 1. The minimum absolute atomic E-state index is 0.329. The molecule has 0 spiro atoms. The van der Waals surface area contributed by atoms with Crippen LogP contribution in [-0.2, 0) is 14.4 Å². The first-order chi connectivity index (χ1) is 7.18. The van der Waals surface area contributed by atoms with Crippen molar-refractivity contribution in [3.05, 3.63) is 0 Å². The molecule has 1 unspecified atom stereocenters. The maximum atomic E-state index is 11.0. The van der Waals surface area contributed by atoms with E-state index in [2.05, 4.69) is 10.2 Å². The number of carboxylic acids is 1. The zero-order chi connectivity index (χ0) is 11.1. The number of nitrogens with one attached hydrogen (secondary N) is 2. The molecule has 1 saturated heterocycles. The van der Waals surface area contributed by atoms with E-state index in [1.165, 1.54) is 0 Å². The van der Waals surface area contributed by atoms with Gasteiger partial charge >= 0.3 is 12.0 Å². The Hall–Kier alpha value is -1.34. The van der Waals surface area contributed by atoms with Crippen molar-refractivity contribution in [2.24, 2.45) is 5.92 Å². The van der Waals surface area contributed by atoms with Gasteiger partial charge in [-0.1, -0.05) is 0 Å². The molecule has 1 atom stereocenters. The number of aliphatic carboxylic acids is 1. The van der Waals surface area contributed by atoms with Gasteiger partial charge in [-0.15, -0.1) is 0 Å². The molecule has 1 heterocycles. The summed E-state index contributed by atoms with van der Waals surface area (Å²) in [6.07, 6.45) is 0.927. The number of rotatable bonds is 5. The summed E-state index contributed by atoms with van der Waals surface area (Å²) >= 11 is 0. The highest BCUT2D eigenvalue weighted by molar-refractivity contribution is 5.73. The van der Waals surface area contributed by atoms with Gasteiger partial charge in [-0.3, -0.25) is 4.84 Å². The maximum Gasteiger partial charge on any atom is 0.338 e. The number of ether oxygens (including phenoxy) is 1. The fourth-order valence-corrected chi connectivity index (χ4v) is 1.18. The lowest BCUT2D eigenvalue weighted by molar-refractivity contribution is -0.144. The van der Waals surface area contributed by atoms with Crippen LogP contribution in [0.1, 0.15) is 6.42 Å². The third kappa shape index (κ3) is 5.18. The Morgan fingerprint density at radius 2 is 2.33 bits per heavy atom. The smallest absolute Gasteiger partial charge is 0.338 e. The van der Waals surface area contributed by atoms with Gasteiger partial charge in [0.1, 0.15) is 0 Å². The average Bonchev–Trinajstić information content (AvgIpc) is 2.66. The van der Waals surface area contributed by atoms with E-state index in [-0.39, 0.29) is 0 Å². The predicted octanol–water partition coefficient (Wildman–Crippen LogP) is -0.662. The Morgan fingerprint density at radius 3 is 2.93 bits per heavy atom. The zero-order valence-electron chi connectivity index (χ0n) is 8.19. The fourth-order valence-electron chi connectivity index (χ4n) is 1.18. The Morgan fingerprint density at radius 1 is 1.53 bits per heavy atom. The molecule has 0 radical (unpaired) electrons. The quantitative estimate of drug-likeness (QED) is 0.532. The van der Waals surface area contributed by atoms with E-state index >= 15 is 0 Å². The number of amides is 2. The summed E-state index contributed by atoms with van der Waals surface area (Å²) in [4.78, 5) is 25.4. The fraction of sp³-hybridized carbons (Fsp3) is 0.750. The number of hydrogen-bond acceptors (Lipinski definition) is 4. The van der Waals surface area contributed by atoms with Crippen molar-refractivity contribution >= 4 is 12.0 Å². The highest BCUT2D eigenvalue weighted by atomic mass is 16.7. The number of carboxylic acid groups (broad SMARTS) is 1. The number of urea groups is 1. The van der Waals surface area contributed by atoms with Crippen molar-refractivity contribution in [1.82, 2.24) is 10.8 Å². The molecule has 0 aromatic carbocycles. The van der Waals surface area contributed by atoms with Crippen molar-refractivity contribution in [3.63, 3.8) is 0 Å². The Balaban J connectivity index is 2.00. The van der Waals surface area contributed by atoms with Crippen LogP contribution in [0, 0.1) is 5.92 Å². The highest BCUT2D eigenvalue weighted by Crippen LogP contribution is 2.10. The van der Waals surface area contributed by atoms with Crippen molar-refractivity contribution in [3.8, 4) is 0 Å². The molecule has 1 aliphatic heterocycles. The van der Waals surface area contributed by atoms with E-state index in [4.69, 9.17) is 9.84 Å². The van der Waals surface area contributed by atoms with Gasteiger partial charge < -0.3 is 15.2 Å². The van der Waals surface area contributed by atoms with E-state index in [1.807, 2.05) is 5.48 Å². The van der Waals surface area contributed by atoms with Crippen LogP contribution in [-0.4, -0.2) is 43.5 Å². The standard InChI is InChI=1S/C8H14N2O5/c11-7(12)5-15-10-8(13)9-3-6-1-2-14-4-6/h6H,1-5H2,(H,11,12)(H2,9,10,13). The minimum Gasteiger partial charge on any atom is -0.479 e. The number of hydrogen-bond donors (Lipinski definition) is 3. The molecule has 0 aromatic rings. The molecular weight excluding hydrogens is 204 g/mol. The summed E-state index contributed by atoms with van der Waals surface area (Å²) < 4.78 is 5.12. The van der Waals surface area contributed by atoms with Crippen LogP contribution in [0.5, 0.6) is 0 Å². The molecule has 7 heteroatoms. The molecule has 2 amide bonds. The summed E-state index contributed by atoms with van der Waals surface area (Å²) in [5.74, 6) is -0.810. The second-order valence-electron chi connectivity index (χ2n) is 3.22. The summed E-state index contributed by atoms with van der Waals surface area (Å²) in [5, 5.41) is 10.8. The Kier molecular flexibility index (Phi) is 4.85. The molecule has 1 aliphatic rings. The highest BCUT2D eigenvalue weighted by Gasteiger charge is 2.16. The minimum atomic E-state index is -1.14. The Bertz CT molecular complexity index is 227. The molecule has 0 saturated carbocycles. The van der Waals surface area contributed by atoms with Gasteiger partial charge in [0.15, 0.2) is 6.61 Å². The molecule has 7 nitrogen and oxygen atoms in total. The first-order valence-corrected chi connectivity index (χ1v) is 4.63. The number of carbonyl (C=O) groups is 2. The van der Waals surface area contributed by atoms with Gasteiger partial charge in [-0.2, -0.15) is 0 Å². The lowest BCUT2D eigenvalue weighted by Gasteiger charge is -2.09. The van der Waals surface area contributed by atoms with Gasteiger partial charge in [0.2, 0.25) is 0 Å². The lowest BCUT2D eigenvalue weighted by atomic mass is 10.1. The van der Waals surface area contributed by atoms with Crippen molar-refractivity contribution in [2.75, 3.05) is 26.4 Å². The maximum absolute atomic E-state index is 11.0. The van der Waals surface area contributed by atoms with E-state index in [0.29, 0.717) is 19.1 Å². The van der Waals surface area contributed by atoms with Gasteiger partial charge in [-0.05, 0) is 6.42 Å². The van der Waals surface area contributed by atoms with Crippen molar-refractivity contribution in [2.45, 2.75) is 6.42 Å². The van der Waals surface area contributed by atoms with E-state index in [9.17, 15) is 9.59 Å². The lowest BCUT2D eigenvalue weighted by Crippen LogP contribution is -2.39. The van der Waals surface area contributed by atoms with Crippen LogP contribution in [0.2, 0.25) is 0 Å². The molecule has 1 rings (SSSR count). The van der Waals surface area contributed by atoms with Crippen LogP contribution in [0.4, 0.5) is 4.79 Å². The average molecular weight is 218 g/mol. The van der Waals surface area contributed by atoms with Crippen LogP contribution < -0.4 is 10.8 Å². The summed E-state index contributed by atoms with van der Waals surface area (Å²) in [5.41, 5.74) is 1.97.